The molecular formula is C10H12N2O3. The second kappa shape index (κ2) is 4.39. The summed E-state index contributed by atoms with van der Waals surface area (Å²) in [5.74, 6) is -0.0552. The van der Waals surface area contributed by atoms with Crippen LogP contribution in [-0.4, -0.2) is 17.7 Å². The second-order valence-electron chi connectivity index (χ2n) is 3.23. The van der Waals surface area contributed by atoms with Gasteiger partial charge < -0.3 is 5.21 Å². The number of hydroxylamine groups is 2. The van der Waals surface area contributed by atoms with E-state index in [4.69, 9.17) is 10.0 Å². The molecule has 1 aliphatic rings. The molecule has 5 nitrogen and oxygen atoms in total. The average molecular weight is 208 g/mol. The smallest absolute Gasteiger partial charge is 0.253 e. The van der Waals surface area contributed by atoms with Gasteiger partial charge in [0.05, 0.1) is 18.7 Å². The topological polar surface area (TPSA) is 61.8 Å². The third-order valence-electron chi connectivity index (χ3n) is 2.24. The van der Waals surface area contributed by atoms with Gasteiger partial charge in [-0.25, -0.2) is 5.48 Å². The van der Waals surface area contributed by atoms with E-state index in [0.29, 0.717) is 18.7 Å². The third kappa shape index (κ3) is 1.99. The highest BCUT2D eigenvalue weighted by molar-refractivity contribution is 5.93. The van der Waals surface area contributed by atoms with Crippen LogP contribution in [0.2, 0.25) is 0 Å². The Morgan fingerprint density at radius 1 is 1.47 bits per heavy atom. The maximum Gasteiger partial charge on any atom is 0.253 e. The van der Waals surface area contributed by atoms with E-state index in [1.807, 2.05) is 18.2 Å². The molecule has 1 heterocycles. The minimum Gasteiger partial charge on any atom is -0.316 e. The Kier molecular flexibility index (Phi) is 2.96. The highest BCUT2D eigenvalue weighted by Gasteiger charge is 2.24. The van der Waals surface area contributed by atoms with Crippen molar-refractivity contribution in [2.24, 2.45) is 0 Å². The lowest BCUT2D eigenvalue weighted by Crippen LogP contribution is -2.24. The van der Waals surface area contributed by atoms with E-state index in [0.717, 1.165) is 5.56 Å². The van der Waals surface area contributed by atoms with Gasteiger partial charge in [-0.2, -0.15) is 5.06 Å². The van der Waals surface area contributed by atoms with Crippen molar-refractivity contribution >= 4 is 11.6 Å². The van der Waals surface area contributed by atoms with Crippen molar-refractivity contribution < 1.29 is 14.8 Å². The minimum atomic E-state index is -0.0552. The molecule has 1 aromatic carbocycles. The normalized spacial score (nSPS) is 16.1. The van der Waals surface area contributed by atoms with Crippen LogP contribution in [0.3, 0.4) is 0 Å². The highest BCUT2D eigenvalue weighted by Crippen LogP contribution is 2.24. The van der Waals surface area contributed by atoms with E-state index in [2.05, 4.69) is 5.48 Å². The van der Waals surface area contributed by atoms with Crippen molar-refractivity contribution in [1.29, 1.82) is 0 Å². The first kappa shape index (κ1) is 10.1. The number of carbonyl (C=O) groups excluding carboxylic acids is 1. The predicted octanol–water partition coefficient (Wildman–Crippen LogP) is 0.834. The molecule has 0 spiro atoms. The molecule has 2 N–H and O–H groups in total. The number of para-hydroxylation sites is 1. The first-order chi connectivity index (χ1) is 7.33. The van der Waals surface area contributed by atoms with E-state index in [1.165, 1.54) is 5.06 Å². The fraction of sp³-hybridized carbons (Fsp3) is 0.300. The number of carbonyl (C=O) groups is 1. The lowest BCUT2D eigenvalue weighted by molar-refractivity contribution is -0.119. The number of nitrogens with one attached hydrogen (secondary N) is 1. The largest absolute Gasteiger partial charge is 0.316 e. The summed E-state index contributed by atoms with van der Waals surface area (Å²) < 4.78 is 0. The van der Waals surface area contributed by atoms with Crippen LogP contribution in [0, 0.1) is 0 Å². The van der Waals surface area contributed by atoms with Gasteiger partial charge in [-0.15, -0.1) is 0 Å². The van der Waals surface area contributed by atoms with Crippen molar-refractivity contribution in [3.63, 3.8) is 0 Å². The molecule has 0 atom stereocenters. The molecule has 0 saturated carbocycles. The van der Waals surface area contributed by atoms with Crippen LogP contribution in [0.1, 0.15) is 12.0 Å². The van der Waals surface area contributed by atoms with Gasteiger partial charge in [0, 0.05) is 6.54 Å². The Balaban J connectivity index is 2.29. The molecule has 0 aliphatic carbocycles. The van der Waals surface area contributed by atoms with E-state index in [-0.39, 0.29) is 12.5 Å². The fourth-order valence-corrected chi connectivity index (χ4v) is 1.55. The molecule has 1 aromatic rings. The second-order valence-corrected chi connectivity index (χ2v) is 3.23. The van der Waals surface area contributed by atoms with Crippen LogP contribution in [0.5, 0.6) is 0 Å². The Morgan fingerprint density at radius 3 is 2.93 bits per heavy atom. The average Bonchev–Trinajstić information content (AvgIpc) is 2.66. The van der Waals surface area contributed by atoms with Gasteiger partial charge in [-0.1, -0.05) is 18.2 Å². The van der Waals surface area contributed by atoms with Crippen LogP contribution < -0.4 is 10.5 Å². The van der Waals surface area contributed by atoms with Crippen molar-refractivity contribution in [3.05, 3.63) is 29.8 Å². The molecule has 1 amide bonds. The Bertz CT molecular complexity index is 367. The maximum absolute atomic E-state index is 11.4. The third-order valence-corrected chi connectivity index (χ3v) is 2.24. The maximum atomic E-state index is 11.4. The SMILES string of the molecule is O=C1CCON1c1ccccc1CNO. The van der Waals surface area contributed by atoms with Gasteiger partial charge in [-0.3, -0.25) is 9.63 Å². The first-order valence-corrected chi connectivity index (χ1v) is 4.73. The van der Waals surface area contributed by atoms with Gasteiger partial charge in [0.2, 0.25) is 0 Å². The lowest BCUT2D eigenvalue weighted by atomic mass is 10.1. The molecule has 1 fully saturated rings. The molecule has 0 aromatic heterocycles. The van der Waals surface area contributed by atoms with Gasteiger partial charge in [-0.05, 0) is 11.6 Å². The van der Waals surface area contributed by atoms with E-state index >= 15 is 0 Å². The molecule has 2 rings (SSSR count). The summed E-state index contributed by atoms with van der Waals surface area (Å²) in [5.41, 5.74) is 3.57. The fourth-order valence-electron chi connectivity index (χ4n) is 1.55. The van der Waals surface area contributed by atoms with Crippen LogP contribution in [-0.2, 0) is 16.2 Å². The van der Waals surface area contributed by atoms with E-state index < -0.39 is 0 Å². The molecular weight excluding hydrogens is 196 g/mol. The van der Waals surface area contributed by atoms with Gasteiger partial charge in [0.15, 0.2) is 0 Å². The highest BCUT2D eigenvalue weighted by atomic mass is 16.7. The number of hydrogen-bond acceptors (Lipinski definition) is 4. The number of rotatable bonds is 3. The molecule has 0 bridgehead atoms. The van der Waals surface area contributed by atoms with Crippen molar-refractivity contribution in [2.75, 3.05) is 11.7 Å². The first-order valence-electron chi connectivity index (χ1n) is 4.73. The summed E-state index contributed by atoms with van der Waals surface area (Å²) in [7, 11) is 0. The van der Waals surface area contributed by atoms with Gasteiger partial charge in [0.1, 0.15) is 0 Å². The summed E-state index contributed by atoms with van der Waals surface area (Å²) in [5, 5.41) is 9.94. The van der Waals surface area contributed by atoms with Crippen molar-refractivity contribution in [1.82, 2.24) is 5.48 Å². The monoisotopic (exact) mass is 208 g/mol. The zero-order valence-electron chi connectivity index (χ0n) is 8.14. The Morgan fingerprint density at radius 2 is 2.27 bits per heavy atom. The number of nitrogens with zero attached hydrogens (tertiary/aromatic N) is 1. The lowest BCUT2D eigenvalue weighted by Gasteiger charge is -2.17. The molecule has 0 unspecified atom stereocenters. The van der Waals surface area contributed by atoms with Crippen LogP contribution >= 0.6 is 0 Å². The summed E-state index contributed by atoms with van der Waals surface area (Å²) in [6, 6.07) is 7.28. The Labute approximate surface area is 87.2 Å². The summed E-state index contributed by atoms with van der Waals surface area (Å²) in [6.07, 6.45) is 0.404. The number of benzene rings is 1. The zero-order chi connectivity index (χ0) is 10.7. The van der Waals surface area contributed by atoms with E-state index in [9.17, 15) is 4.79 Å². The summed E-state index contributed by atoms with van der Waals surface area (Å²) in [4.78, 5) is 16.7. The standard InChI is InChI=1S/C10H12N2O3/c13-10-5-6-15-12(10)9-4-2-1-3-8(9)7-11-14/h1-4,11,14H,5-7H2. The zero-order valence-corrected chi connectivity index (χ0v) is 8.14. The van der Waals surface area contributed by atoms with Crippen LogP contribution in [0.25, 0.3) is 0 Å². The number of hydrogen-bond donors (Lipinski definition) is 2. The summed E-state index contributed by atoms with van der Waals surface area (Å²) >= 11 is 0. The van der Waals surface area contributed by atoms with Crippen molar-refractivity contribution in [3.8, 4) is 0 Å². The molecule has 15 heavy (non-hydrogen) atoms. The molecule has 5 heteroatoms. The molecule has 1 aliphatic heterocycles. The molecule has 1 saturated heterocycles. The van der Waals surface area contributed by atoms with E-state index in [1.54, 1.807) is 6.07 Å². The van der Waals surface area contributed by atoms with Gasteiger partial charge >= 0.3 is 0 Å². The van der Waals surface area contributed by atoms with Gasteiger partial charge in [0.25, 0.3) is 5.91 Å². The summed E-state index contributed by atoms with van der Waals surface area (Å²) in [6.45, 7) is 0.697. The number of anilines is 1. The van der Waals surface area contributed by atoms with Crippen LogP contribution in [0.4, 0.5) is 5.69 Å². The molecule has 80 valence electrons. The number of amides is 1. The molecule has 0 radical (unpaired) electrons. The Hall–Kier alpha value is -1.43. The quantitative estimate of drug-likeness (QED) is 0.722. The predicted molar refractivity (Wildman–Crippen MR) is 53.1 cm³/mol. The minimum absolute atomic E-state index is 0.0552. The van der Waals surface area contributed by atoms with Crippen molar-refractivity contribution in [2.45, 2.75) is 13.0 Å². The van der Waals surface area contributed by atoms with Crippen LogP contribution in [0.15, 0.2) is 24.3 Å².